The van der Waals surface area contributed by atoms with Crippen LogP contribution in [0.25, 0.3) is 10.9 Å². The van der Waals surface area contributed by atoms with E-state index in [-0.39, 0.29) is 11.6 Å². The first-order valence-corrected chi connectivity index (χ1v) is 5.57. The highest BCUT2D eigenvalue weighted by molar-refractivity contribution is 6.51. The van der Waals surface area contributed by atoms with E-state index in [2.05, 4.69) is 4.98 Å². The highest BCUT2D eigenvalue weighted by atomic mass is 16.2. The number of imide groups is 1. The molecule has 5 nitrogen and oxygen atoms in total. The first-order chi connectivity index (χ1) is 8.61. The second-order valence-corrected chi connectivity index (χ2v) is 4.34. The summed E-state index contributed by atoms with van der Waals surface area (Å²) in [5.41, 5.74) is 1.43. The van der Waals surface area contributed by atoms with Crippen molar-refractivity contribution in [3.8, 4) is 0 Å². The molecular weight excluding hydrogens is 230 g/mol. The number of fused-ring (bicyclic) bond motifs is 1. The Morgan fingerprint density at radius 2 is 2.00 bits per heavy atom. The summed E-state index contributed by atoms with van der Waals surface area (Å²) in [6.07, 6.45) is 1.70. The molecule has 0 spiro atoms. The molecule has 1 fully saturated rings. The molecule has 1 aromatic carbocycles. The van der Waals surface area contributed by atoms with Crippen molar-refractivity contribution in [2.45, 2.75) is 5.92 Å². The van der Waals surface area contributed by atoms with Crippen LogP contribution in [0.2, 0.25) is 0 Å². The van der Waals surface area contributed by atoms with Crippen molar-refractivity contribution in [3.63, 3.8) is 0 Å². The smallest absolute Gasteiger partial charge is 0.275 e. The van der Waals surface area contributed by atoms with Crippen LogP contribution < -0.4 is 0 Å². The maximum Gasteiger partial charge on any atom is 0.275 e. The van der Waals surface area contributed by atoms with Crippen molar-refractivity contribution in [1.82, 2.24) is 9.88 Å². The zero-order chi connectivity index (χ0) is 12.9. The summed E-state index contributed by atoms with van der Waals surface area (Å²) >= 11 is 0. The summed E-state index contributed by atoms with van der Waals surface area (Å²) in [4.78, 5) is 27.7. The molecule has 1 aromatic heterocycles. The number of likely N-dealkylation sites (N-methyl/N-ethyl adjacent to an activating group) is 1. The Morgan fingerprint density at radius 3 is 2.67 bits per heavy atom. The lowest BCUT2D eigenvalue weighted by atomic mass is 9.95. The van der Waals surface area contributed by atoms with Crippen molar-refractivity contribution < 1.29 is 9.59 Å². The lowest BCUT2D eigenvalue weighted by Crippen LogP contribution is -2.25. The lowest BCUT2D eigenvalue weighted by molar-refractivity contribution is -0.136. The summed E-state index contributed by atoms with van der Waals surface area (Å²) in [7, 11) is 1.41. The maximum atomic E-state index is 12.0. The van der Waals surface area contributed by atoms with Gasteiger partial charge < -0.3 is 4.98 Å². The van der Waals surface area contributed by atoms with Crippen molar-refractivity contribution in [3.05, 3.63) is 36.0 Å². The van der Waals surface area contributed by atoms with Crippen LogP contribution in [0.5, 0.6) is 0 Å². The number of hydrogen-bond donors (Lipinski definition) is 2. The van der Waals surface area contributed by atoms with Gasteiger partial charge in [-0.2, -0.15) is 0 Å². The van der Waals surface area contributed by atoms with Gasteiger partial charge in [0.05, 0.1) is 0 Å². The van der Waals surface area contributed by atoms with E-state index < -0.39 is 11.8 Å². The van der Waals surface area contributed by atoms with E-state index in [0.717, 1.165) is 15.8 Å². The monoisotopic (exact) mass is 241 g/mol. The minimum atomic E-state index is -0.779. The maximum absolute atomic E-state index is 12.0. The first-order valence-electron chi connectivity index (χ1n) is 5.57. The Kier molecular flexibility index (Phi) is 2.10. The van der Waals surface area contributed by atoms with Gasteiger partial charge in [-0.25, -0.2) is 0 Å². The van der Waals surface area contributed by atoms with E-state index >= 15 is 0 Å². The SMILES string of the molecule is CN1C(=O)C(=N)C(c2c[nH]c3ccccc23)C1=O. The molecule has 2 heterocycles. The molecule has 5 heteroatoms. The topological polar surface area (TPSA) is 77.0 Å². The number of para-hydroxylation sites is 1. The molecule has 2 N–H and O–H groups in total. The molecule has 0 bridgehead atoms. The Labute approximate surface area is 103 Å². The van der Waals surface area contributed by atoms with Crippen molar-refractivity contribution in [2.75, 3.05) is 7.05 Å². The standard InChI is InChI=1S/C13H11N3O2/c1-16-12(17)10(11(14)13(16)18)8-6-15-9-5-3-2-4-7(8)9/h2-6,10,14-15H,1H3. The number of aromatic nitrogens is 1. The number of nitrogens with one attached hydrogen (secondary N) is 2. The molecule has 1 aliphatic heterocycles. The third kappa shape index (κ3) is 1.24. The third-order valence-electron chi connectivity index (χ3n) is 3.33. The number of amides is 2. The van der Waals surface area contributed by atoms with Crippen molar-refractivity contribution >= 4 is 28.4 Å². The number of H-pyrrole nitrogens is 1. The van der Waals surface area contributed by atoms with E-state index in [4.69, 9.17) is 5.41 Å². The predicted octanol–water partition coefficient (Wildman–Crippen LogP) is 1.27. The van der Waals surface area contributed by atoms with Gasteiger partial charge in [0, 0.05) is 24.1 Å². The normalized spacial score (nSPS) is 20.2. The van der Waals surface area contributed by atoms with Gasteiger partial charge in [-0.3, -0.25) is 19.9 Å². The van der Waals surface area contributed by atoms with Gasteiger partial charge >= 0.3 is 0 Å². The zero-order valence-corrected chi connectivity index (χ0v) is 9.73. The minimum absolute atomic E-state index is 0.160. The molecule has 2 amide bonds. The number of likely N-dealkylation sites (tertiary alicyclic amines) is 1. The molecule has 0 saturated carbocycles. The second-order valence-electron chi connectivity index (χ2n) is 4.34. The molecule has 3 rings (SSSR count). The largest absolute Gasteiger partial charge is 0.361 e. The summed E-state index contributed by atoms with van der Waals surface area (Å²) in [6.45, 7) is 0. The minimum Gasteiger partial charge on any atom is -0.361 e. The van der Waals surface area contributed by atoms with Crippen LogP contribution in [0.3, 0.4) is 0 Å². The van der Waals surface area contributed by atoms with Gasteiger partial charge in [-0.15, -0.1) is 0 Å². The zero-order valence-electron chi connectivity index (χ0n) is 9.73. The van der Waals surface area contributed by atoms with E-state index in [1.54, 1.807) is 6.20 Å². The Balaban J connectivity index is 2.19. The van der Waals surface area contributed by atoms with Crippen LogP contribution in [-0.4, -0.2) is 34.5 Å². The fourth-order valence-corrected chi connectivity index (χ4v) is 2.34. The molecule has 90 valence electrons. The Bertz CT molecular complexity index is 686. The summed E-state index contributed by atoms with van der Waals surface area (Å²) < 4.78 is 0. The Morgan fingerprint density at radius 1 is 1.28 bits per heavy atom. The molecule has 1 unspecified atom stereocenters. The highest BCUT2D eigenvalue weighted by Gasteiger charge is 2.43. The van der Waals surface area contributed by atoms with Crippen LogP contribution in [0.15, 0.2) is 30.5 Å². The van der Waals surface area contributed by atoms with Gasteiger partial charge in [0.25, 0.3) is 5.91 Å². The van der Waals surface area contributed by atoms with Gasteiger partial charge in [-0.05, 0) is 11.6 Å². The highest BCUT2D eigenvalue weighted by Crippen LogP contribution is 2.31. The van der Waals surface area contributed by atoms with E-state index in [0.29, 0.717) is 5.56 Å². The average Bonchev–Trinajstić information content (AvgIpc) is 2.87. The van der Waals surface area contributed by atoms with Crippen molar-refractivity contribution in [1.29, 1.82) is 5.41 Å². The number of hydrogen-bond acceptors (Lipinski definition) is 3. The number of benzene rings is 1. The quantitative estimate of drug-likeness (QED) is 0.737. The van der Waals surface area contributed by atoms with E-state index in [1.807, 2.05) is 24.3 Å². The molecule has 0 radical (unpaired) electrons. The summed E-state index contributed by atoms with van der Waals surface area (Å²) in [5.74, 6) is -1.64. The lowest BCUT2D eigenvalue weighted by Gasteiger charge is -2.06. The van der Waals surface area contributed by atoms with Crippen LogP contribution >= 0.6 is 0 Å². The number of aromatic amines is 1. The van der Waals surface area contributed by atoms with Gasteiger partial charge in [0.15, 0.2) is 0 Å². The molecule has 1 aliphatic rings. The number of carbonyl (C=O) groups is 2. The van der Waals surface area contributed by atoms with Crippen LogP contribution in [0.1, 0.15) is 11.5 Å². The fourth-order valence-electron chi connectivity index (χ4n) is 2.34. The van der Waals surface area contributed by atoms with Crippen LogP contribution in [0.4, 0.5) is 0 Å². The molecular formula is C13H11N3O2. The second kappa shape index (κ2) is 3.53. The summed E-state index contributed by atoms with van der Waals surface area (Å²) in [5, 5.41) is 8.68. The number of carbonyl (C=O) groups excluding carboxylic acids is 2. The molecule has 18 heavy (non-hydrogen) atoms. The van der Waals surface area contributed by atoms with Gasteiger partial charge in [-0.1, -0.05) is 18.2 Å². The van der Waals surface area contributed by atoms with Crippen LogP contribution in [-0.2, 0) is 9.59 Å². The molecule has 0 aliphatic carbocycles. The fraction of sp³-hybridized carbons (Fsp3) is 0.154. The van der Waals surface area contributed by atoms with Crippen LogP contribution in [0, 0.1) is 5.41 Å². The third-order valence-corrected chi connectivity index (χ3v) is 3.33. The molecule has 1 atom stereocenters. The van der Waals surface area contributed by atoms with E-state index in [9.17, 15) is 9.59 Å². The predicted molar refractivity (Wildman–Crippen MR) is 66.5 cm³/mol. The number of rotatable bonds is 1. The average molecular weight is 241 g/mol. The number of nitrogens with zero attached hydrogens (tertiary/aromatic N) is 1. The molecule has 2 aromatic rings. The van der Waals surface area contributed by atoms with Gasteiger partial charge in [0.2, 0.25) is 5.91 Å². The summed E-state index contributed by atoms with van der Waals surface area (Å²) in [6, 6.07) is 7.54. The Hall–Kier alpha value is -2.43. The molecule has 1 saturated heterocycles. The van der Waals surface area contributed by atoms with Gasteiger partial charge in [0.1, 0.15) is 11.6 Å². The first kappa shape index (κ1) is 10.7. The van der Waals surface area contributed by atoms with E-state index in [1.165, 1.54) is 7.05 Å². The van der Waals surface area contributed by atoms with Crippen molar-refractivity contribution in [2.24, 2.45) is 0 Å².